The molecule has 0 fully saturated rings. The number of aromatic nitrogens is 1. The molecule has 1 unspecified atom stereocenters. The summed E-state index contributed by atoms with van der Waals surface area (Å²) >= 11 is 0. The minimum Gasteiger partial charge on any atom is -0.369 e. The van der Waals surface area contributed by atoms with Gasteiger partial charge in [-0.25, -0.2) is 0 Å². The summed E-state index contributed by atoms with van der Waals surface area (Å²) in [7, 11) is 0. The Labute approximate surface area is 64.6 Å². The lowest BCUT2D eigenvalue weighted by Crippen LogP contribution is -2.18. The van der Waals surface area contributed by atoms with Crippen molar-refractivity contribution in [1.82, 2.24) is 4.98 Å². The number of H-pyrrole nitrogens is 1. The molecule has 0 saturated heterocycles. The molecule has 0 bridgehead atoms. The van der Waals surface area contributed by atoms with E-state index in [0.29, 0.717) is 0 Å². The Morgan fingerprint density at radius 1 is 1.64 bits per heavy atom. The summed E-state index contributed by atoms with van der Waals surface area (Å²) in [6, 6.07) is 0. The van der Waals surface area contributed by atoms with Gasteiger partial charge in [0.2, 0.25) is 5.91 Å². The number of hydrogen-bond acceptors (Lipinski definition) is 1. The van der Waals surface area contributed by atoms with Crippen LogP contribution in [0.1, 0.15) is 23.5 Å². The zero-order valence-electron chi connectivity index (χ0n) is 6.13. The highest BCUT2D eigenvalue weighted by atomic mass is 16.1. The zero-order valence-corrected chi connectivity index (χ0v) is 6.13. The van der Waals surface area contributed by atoms with Crippen molar-refractivity contribution >= 4 is 5.91 Å². The molecular formula is C8H10N2O. The molecule has 1 aliphatic rings. The van der Waals surface area contributed by atoms with E-state index in [9.17, 15) is 4.79 Å². The first-order chi connectivity index (χ1) is 5.29. The van der Waals surface area contributed by atoms with Crippen molar-refractivity contribution in [2.75, 3.05) is 0 Å². The number of nitrogens with two attached hydrogens (primary N) is 1. The molecule has 3 nitrogen and oxygen atoms in total. The van der Waals surface area contributed by atoms with Gasteiger partial charge in [0.05, 0.1) is 5.92 Å². The van der Waals surface area contributed by atoms with Crippen LogP contribution >= 0.6 is 0 Å². The Balaban J connectivity index is 2.38. The number of carbonyl (C=O) groups excluding carboxylic acids is 1. The van der Waals surface area contributed by atoms with Crippen LogP contribution in [0.5, 0.6) is 0 Å². The normalized spacial score (nSPS) is 21.6. The summed E-state index contributed by atoms with van der Waals surface area (Å²) in [5.41, 5.74) is 7.56. The van der Waals surface area contributed by atoms with Crippen molar-refractivity contribution in [2.24, 2.45) is 5.73 Å². The average molecular weight is 150 g/mol. The molecule has 3 heteroatoms. The van der Waals surface area contributed by atoms with Crippen LogP contribution in [0, 0.1) is 0 Å². The minimum absolute atomic E-state index is 0.0451. The zero-order chi connectivity index (χ0) is 7.84. The molecule has 1 aromatic heterocycles. The maximum absolute atomic E-state index is 10.9. The monoisotopic (exact) mass is 150 g/mol. The van der Waals surface area contributed by atoms with Gasteiger partial charge in [-0.05, 0) is 24.0 Å². The van der Waals surface area contributed by atoms with Gasteiger partial charge in [-0.3, -0.25) is 4.79 Å². The van der Waals surface area contributed by atoms with Gasteiger partial charge in [-0.15, -0.1) is 0 Å². The van der Waals surface area contributed by atoms with Gasteiger partial charge < -0.3 is 10.7 Å². The predicted molar refractivity (Wildman–Crippen MR) is 41.0 cm³/mol. The lowest BCUT2D eigenvalue weighted by molar-refractivity contribution is -0.119. The van der Waals surface area contributed by atoms with Gasteiger partial charge in [0.1, 0.15) is 0 Å². The smallest absolute Gasteiger partial charge is 0.225 e. The highest BCUT2D eigenvalue weighted by Gasteiger charge is 2.26. The van der Waals surface area contributed by atoms with E-state index in [-0.39, 0.29) is 11.8 Å². The number of rotatable bonds is 1. The third-order valence-corrected chi connectivity index (χ3v) is 2.29. The first kappa shape index (κ1) is 6.46. The number of amides is 1. The van der Waals surface area contributed by atoms with Crippen molar-refractivity contribution in [1.29, 1.82) is 0 Å². The van der Waals surface area contributed by atoms with Crippen LogP contribution in [-0.4, -0.2) is 10.9 Å². The summed E-state index contributed by atoms with van der Waals surface area (Å²) in [5.74, 6) is -0.250. The van der Waals surface area contributed by atoms with Crippen molar-refractivity contribution in [3.63, 3.8) is 0 Å². The van der Waals surface area contributed by atoms with Crippen molar-refractivity contribution in [3.8, 4) is 0 Å². The number of aryl methyl sites for hydroxylation is 1. The Bertz CT molecular complexity index is 290. The topological polar surface area (TPSA) is 58.9 Å². The van der Waals surface area contributed by atoms with Crippen molar-refractivity contribution in [3.05, 3.63) is 23.5 Å². The quantitative estimate of drug-likeness (QED) is 0.602. The molecule has 0 saturated carbocycles. The third-order valence-electron chi connectivity index (χ3n) is 2.29. The second-order valence-electron chi connectivity index (χ2n) is 2.93. The van der Waals surface area contributed by atoms with E-state index in [4.69, 9.17) is 5.73 Å². The molecule has 0 spiro atoms. The fourth-order valence-corrected chi connectivity index (χ4v) is 1.70. The van der Waals surface area contributed by atoms with E-state index in [1.807, 2.05) is 12.4 Å². The standard InChI is InChI=1S/C8H10N2O/c9-8(11)6-2-1-5-3-10-4-7(5)6/h3-4,6,10H,1-2H2,(H2,9,11). The second-order valence-corrected chi connectivity index (χ2v) is 2.93. The van der Waals surface area contributed by atoms with Gasteiger partial charge >= 0.3 is 0 Å². The molecule has 1 amide bonds. The molecule has 0 aliphatic heterocycles. The van der Waals surface area contributed by atoms with Crippen molar-refractivity contribution < 1.29 is 4.79 Å². The molecule has 2 rings (SSSR count). The van der Waals surface area contributed by atoms with Gasteiger partial charge in [-0.1, -0.05) is 0 Å². The van der Waals surface area contributed by atoms with E-state index in [2.05, 4.69) is 4.98 Å². The average Bonchev–Trinajstić information content (AvgIpc) is 2.41. The first-order valence-electron chi connectivity index (χ1n) is 3.74. The van der Waals surface area contributed by atoms with E-state index in [1.165, 1.54) is 5.56 Å². The number of hydrogen-bond donors (Lipinski definition) is 2. The maximum atomic E-state index is 10.9. The lowest BCUT2D eigenvalue weighted by Gasteiger charge is -2.02. The van der Waals surface area contributed by atoms with E-state index < -0.39 is 0 Å². The Morgan fingerprint density at radius 2 is 2.45 bits per heavy atom. The molecule has 1 heterocycles. The number of nitrogens with one attached hydrogen (secondary N) is 1. The summed E-state index contributed by atoms with van der Waals surface area (Å²) in [6.07, 6.45) is 5.68. The summed E-state index contributed by atoms with van der Waals surface area (Å²) in [4.78, 5) is 13.8. The van der Waals surface area contributed by atoms with E-state index in [1.54, 1.807) is 0 Å². The third kappa shape index (κ3) is 0.843. The Hall–Kier alpha value is -1.25. The predicted octanol–water partition coefficient (Wildman–Crippen LogP) is 0.530. The minimum atomic E-state index is -0.205. The molecule has 1 aromatic rings. The van der Waals surface area contributed by atoms with Crippen LogP contribution in [0.25, 0.3) is 0 Å². The second kappa shape index (κ2) is 2.12. The molecule has 0 radical (unpaired) electrons. The number of primary amides is 1. The molecule has 11 heavy (non-hydrogen) atoms. The number of aromatic amines is 1. The van der Waals surface area contributed by atoms with E-state index >= 15 is 0 Å². The molecule has 58 valence electrons. The molecule has 0 aromatic carbocycles. The van der Waals surface area contributed by atoms with Crippen LogP contribution in [-0.2, 0) is 11.2 Å². The van der Waals surface area contributed by atoms with Crippen molar-refractivity contribution in [2.45, 2.75) is 18.8 Å². The highest BCUT2D eigenvalue weighted by molar-refractivity contribution is 5.83. The van der Waals surface area contributed by atoms with Gasteiger partial charge in [0.15, 0.2) is 0 Å². The summed E-state index contributed by atoms with van der Waals surface area (Å²) < 4.78 is 0. The van der Waals surface area contributed by atoms with Crippen LogP contribution in [0.15, 0.2) is 12.4 Å². The first-order valence-corrected chi connectivity index (χ1v) is 3.74. The maximum Gasteiger partial charge on any atom is 0.225 e. The largest absolute Gasteiger partial charge is 0.369 e. The fraction of sp³-hybridized carbons (Fsp3) is 0.375. The van der Waals surface area contributed by atoms with E-state index in [0.717, 1.165) is 18.4 Å². The van der Waals surface area contributed by atoms with Gasteiger partial charge in [0, 0.05) is 12.4 Å². The number of fused-ring (bicyclic) bond motifs is 1. The Morgan fingerprint density at radius 3 is 3.18 bits per heavy atom. The molecule has 1 atom stereocenters. The lowest BCUT2D eigenvalue weighted by atomic mass is 10.0. The summed E-state index contributed by atoms with van der Waals surface area (Å²) in [6.45, 7) is 0. The van der Waals surface area contributed by atoms with Crippen LogP contribution in [0.4, 0.5) is 0 Å². The summed E-state index contributed by atoms with van der Waals surface area (Å²) in [5, 5.41) is 0. The van der Waals surface area contributed by atoms with Crippen LogP contribution < -0.4 is 5.73 Å². The number of carbonyl (C=O) groups is 1. The fourth-order valence-electron chi connectivity index (χ4n) is 1.70. The molecular weight excluding hydrogens is 140 g/mol. The SMILES string of the molecule is NC(=O)C1CCc2c[nH]cc21. The molecule has 3 N–H and O–H groups in total. The highest BCUT2D eigenvalue weighted by Crippen LogP contribution is 2.32. The molecule has 1 aliphatic carbocycles. The van der Waals surface area contributed by atoms with Gasteiger partial charge in [-0.2, -0.15) is 0 Å². The van der Waals surface area contributed by atoms with Crippen LogP contribution in [0.3, 0.4) is 0 Å². The van der Waals surface area contributed by atoms with Crippen LogP contribution in [0.2, 0.25) is 0 Å². The van der Waals surface area contributed by atoms with Gasteiger partial charge in [0.25, 0.3) is 0 Å². The Kier molecular flexibility index (Phi) is 1.24.